The van der Waals surface area contributed by atoms with Crippen molar-refractivity contribution in [3.05, 3.63) is 52.1 Å². The van der Waals surface area contributed by atoms with Gasteiger partial charge in [0.1, 0.15) is 12.4 Å². The van der Waals surface area contributed by atoms with E-state index in [1.165, 1.54) is 6.07 Å². The van der Waals surface area contributed by atoms with Gasteiger partial charge in [0.25, 0.3) is 0 Å². The zero-order valence-electron chi connectivity index (χ0n) is 12.4. The zero-order chi connectivity index (χ0) is 15.5. The van der Waals surface area contributed by atoms with Gasteiger partial charge in [0, 0.05) is 15.6 Å². The van der Waals surface area contributed by atoms with E-state index in [-0.39, 0.29) is 23.7 Å². The summed E-state index contributed by atoms with van der Waals surface area (Å²) in [6.45, 7) is 7.14. The Labute approximate surface area is 132 Å². The van der Waals surface area contributed by atoms with Crippen molar-refractivity contribution in [1.29, 1.82) is 0 Å². The summed E-state index contributed by atoms with van der Waals surface area (Å²) >= 11 is 3.22. The van der Waals surface area contributed by atoms with E-state index < -0.39 is 0 Å². The smallest absolute Gasteiger partial charge is 0.166 e. The lowest BCUT2D eigenvalue weighted by molar-refractivity contribution is 0.284. The first-order chi connectivity index (χ1) is 9.85. The van der Waals surface area contributed by atoms with Gasteiger partial charge in [-0.05, 0) is 45.0 Å². The lowest BCUT2D eigenvalue weighted by atomic mass is 10.1. The van der Waals surface area contributed by atoms with E-state index in [1.807, 2.05) is 6.07 Å². The van der Waals surface area contributed by atoms with Crippen LogP contribution in [-0.4, -0.2) is 5.54 Å². The molecule has 0 amide bonds. The molecule has 21 heavy (non-hydrogen) atoms. The molecule has 114 valence electrons. The number of halogens is 2. The number of ether oxygens (including phenoxy) is 1. The topological polar surface area (TPSA) is 34.4 Å². The third-order valence-corrected chi connectivity index (χ3v) is 3.39. The van der Waals surface area contributed by atoms with Crippen LogP contribution in [0.15, 0.2) is 39.4 Å². The highest BCUT2D eigenvalue weighted by molar-refractivity contribution is 9.10. The molecular formula is C16H19BrFNO2. The van der Waals surface area contributed by atoms with Crippen molar-refractivity contribution in [2.24, 2.45) is 0 Å². The molecular weight excluding hydrogens is 337 g/mol. The molecule has 1 aromatic carbocycles. The minimum absolute atomic E-state index is 0.00271. The molecule has 2 rings (SSSR count). The maximum absolute atomic E-state index is 13.7. The lowest BCUT2D eigenvalue weighted by Gasteiger charge is -2.20. The van der Waals surface area contributed by atoms with E-state index in [0.717, 1.165) is 11.3 Å². The molecule has 0 fully saturated rings. The highest BCUT2D eigenvalue weighted by Crippen LogP contribution is 2.23. The summed E-state index contributed by atoms with van der Waals surface area (Å²) in [5.41, 5.74) is 0.914. The molecule has 1 N–H and O–H groups in total. The number of furan rings is 1. The standard InChI is InChI=1S/C16H19BrFNO2/c1-16(2,3)19-9-15-11(6-7-20-15)10-21-14-5-4-12(17)8-13(14)18/h4-8,19H,9-10H2,1-3H3. The number of hydrogen-bond acceptors (Lipinski definition) is 3. The second kappa shape index (κ2) is 6.62. The van der Waals surface area contributed by atoms with Crippen LogP contribution < -0.4 is 10.1 Å². The first-order valence-corrected chi connectivity index (χ1v) is 7.52. The summed E-state index contributed by atoms with van der Waals surface area (Å²) in [5.74, 6) is 0.652. The largest absolute Gasteiger partial charge is 0.486 e. The molecule has 0 saturated heterocycles. The van der Waals surface area contributed by atoms with Gasteiger partial charge < -0.3 is 14.5 Å². The van der Waals surface area contributed by atoms with Gasteiger partial charge in [-0.3, -0.25) is 0 Å². The van der Waals surface area contributed by atoms with E-state index >= 15 is 0 Å². The van der Waals surface area contributed by atoms with Crippen molar-refractivity contribution in [1.82, 2.24) is 5.32 Å². The predicted molar refractivity (Wildman–Crippen MR) is 83.7 cm³/mol. The van der Waals surface area contributed by atoms with E-state index in [4.69, 9.17) is 9.15 Å². The summed E-state index contributed by atoms with van der Waals surface area (Å²) in [7, 11) is 0. The normalized spacial score (nSPS) is 11.7. The molecule has 3 nitrogen and oxygen atoms in total. The molecule has 0 radical (unpaired) electrons. The Morgan fingerprint density at radius 2 is 2.05 bits per heavy atom. The van der Waals surface area contributed by atoms with E-state index in [0.29, 0.717) is 11.0 Å². The summed E-state index contributed by atoms with van der Waals surface area (Å²) in [6.07, 6.45) is 1.62. The van der Waals surface area contributed by atoms with Crippen molar-refractivity contribution in [2.75, 3.05) is 0 Å². The third-order valence-electron chi connectivity index (χ3n) is 2.89. The molecule has 0 aliphatic carbocycles. The van der Waals surface area contributed by atoms with Crippen LogP contribution in [0.2, 0.25) is 0 Å². The van der Waals surface area contributed by atoms with Crippen molar-refractivity contribution in [3.8, 4) is 5.75 Å². The Morgan fingerprint density at radius 1 is 1.29 bits per heavy atom. The van der Waals surface area contributed by atoms with Gasteiger partial charge in [0.05, 0.1) is 12.8 Å². The van der Waals surface area contributed by atoms with Crippen LogP contribution in [0.25, 0.3) is 0 Å². The van der Waals surface area contributed by atoms with Gasteiger partial charge in [-0.15, -0.1) is 0 Å². The predicted octanol–water partition coefficient (Wildman–Crippen LogP) is 4.65. The minimum atomic E-state index is -0.387. The Balaban J connectivity index is 1.99. The number of nitrogens with one attached hydrogen (secondary N) is 1. The highest BCUT2D eigenvalue weighted by Gasteiger charge is 2.13. The van der Waals surface area contributed by atoms with Gasteiger partial charge in [-0.1, -0.05) is 15.9 Å². The van der Waals surface area contributed by atoms with Crippen LogP contribution in [-0.2, 0) is 13.2 Å². The molecule has 0 bridgehead atoms. The molecule has 0 aliphatic rings. The Kier molecular flexibility index (Phi) is 5.06. The van der Waals surface area contributed by atoms with E-state index in [9.17, 15) is 4.39 Å². The van der Waals surface area contributed by atoms with E-state index in [2.05, 4.69) is 42.0 Å². The molecule has 0 aliphatic heterocycles. The number of benzene rings is 1. The van der Waals surface area contributed by atoms with Crippen LogP contribution in [0.1, 0.15) is 32.1 Å². The lowest BCUT2D eigenvalue weighted by Crippen LogP contribution is -2.35. The van der Waals surface area contributed by atoms with Crippen LogP contribution in [0.5, 0.6) is 5.75 Å². The zero-order valence-corrected chi connectivity index (χ0v) is 14.0. The van der Waals surface area contributed by atoms with Crippen LogP contribution in [0.3, 0.4) is 0 Å². The second-order valence-corrected chi connectivity index (χ2v) is 6.75. The van der Waals surface area contributed by atoms with Crippen LogP contribution in [0, 0.1) is 5.82 Å². The molecule has 1 aromatic heterocycles. The molecule has 2 aromatic rings. The highest BCUT2D eigenvalue weighted by atomic mass is 79.9. The SMILES string of the molecule is CC(C)(C)NCc1occc1COc1ccc(Br)cc1F. The maximum atomic E-state index is 13.7. The Morgan fingerprint density at radius 3 is 2.71 bits per heavy atom. The second-order valence-electron chi connectivity index (χ2n) is 5.84. The van der Waals surface area contributed by atoms with Crippen molar-refractivity contribution in [2.45, 2.75) is 39.5 Å². The first-order valence-electron chi connectivity index (χ1n) is 6.73. The molecule has 0 unspecified atom stereocenters. The van der Waals surface area contributed by atoms with Gasteiger partial charge in [-0.25, -0.2) is 4.39 Å². The summed E-state index contributed by atoms with van der Waals surface area (Å²) in [4.78, 5) is 0. The number of hydrogen-bond donors (Lipinski definition) is 1. The molecule has 1 heterocycles. The average molecular weight is 356 g/mol. The quantitative estimate of drug-likeness (QED) is 0.847. The summed E-state index contributed by atoms with van der Waals surface area (Å²) in [6, 6.07) is 6.58. The van der Waals surface area contributed by atoms with Gasteiger partial charge in [-0.2, -0.15) is 0 Å². The monoisotopic (exact) mass is 355 g/mol. The fourth-order valence-corrected chi connectivity index (χ4v) is 2.08. The van der Waals surface area contributed by atoms with Gasteiger partial charge in [0.15, 0.2) is 11.6 Å². The van der Waals surface area contributed by atoms with E-state index in [1.54, 1.807) is 18.4 Å². The average Bonchev–Trinajstić information content (AvgIpc) is 2.82. The first kappa shape index (κ1) is 16.0. The fraction of sp³-hybridized carbons (Fsp3) is 0.375. The Hall–Kier alpha value is -1.33. The summed E-state index contributed by atoms with van der Waals surface area (Å²) in [5, 5.41) is 3.35. The van der Waals surface area contributed by atoms with Crippen LogP contribution >= 0.6 is 15.9 Å². The number of rotatable bonds is 5. The molecule has 0 spiro atoms. The van der Waals surface area contributed by atoms with Crippen molar-refractivity contribution >= 4 is 15.9 Å². The molecule has 0 saturated carbocycles. The maximum Gasteiger partial charge on any atom is 0.166 e. The van der Waals surface area contributed by atoms with Crippen molar-refractivity contribution in [3.63, 3.8) is 0 Å². The molecule has 0 atom stereocenters. The Bertz CT molecular complexity index is 605. The third kappa shape index (κ3) is 4.86. The minimum Gasteiger partial charge on any atom is -0.486 e. The summed E-state index contributed by atoms with van der Waals surface area (Å²) < 4.78 is 25.4. The van der Waals surface area contributed by atoms with Crippen LogP contribution in [0.4, 0.5) is 4.39 Å². The molecule has 5 heteroatoms. The fourth-order valence-electron chi connectivity index (χ4n) is 1.74. The van der Waals surface area contributed by atoms with Crippen molar-refractivity contribution < 1.29 is 13.5 Å². The van der Waals surface area contributed by atoms with Gasteiger partial charge in [0.2, 0.25) is 0 Å². The van der Waals surface area contributed by atoms with Gasteiger partial charge >= 0.3 is 0 Å².